The predicted octanol–water partition coefficient (Wildman–Crippen LogP) is 3.15. The van der Waals surface area contributed by atoms with Crippen molar-refractivity contribution in [3.63, 3.8) is 0 Å². The summed E-state index contributed by atoms with van der Waals surface area (Å²) in [6, 6.07) is 7.56. The van der Waals surface area contributed by atoms with Crippen LogP contribution in [0.1, 0.15) is 21.5 Å². The van der Waals surface area contributed by atoms with Crippen molar-refractivity contribution >= 4 is 47.0 Å². The number of amides is 1. The SMILES string of the molecule is Cc1c(C(=O)O)cn(Cc2ccc3ncc(Cl)cc3c2)c1/N=C\NC=O. The Hall–Kier alpha value is -3.19. The molecule has 0 unspecified atom stereocenters. The average Bonchev–Trinajstić information content (AvgIpc) is 2.91. The van der Waals surface area contributed by atoms with E-state index in [1.54, 1.807) is 17.7 Å². The van der Waals surface area contributed by atoms with E-state index in [2.05, 4.69) is 15.3 Å². The standard InChI is InChI=1S/C18H15ClN4O3/c1-11-15(18(25)26)8-23(17(11)22-9-20-10-24)7-12-2-3-16-13(4-12)5-14(19)6-21-16/h2-6,8-10H,7H2,1H3,(H,25,26)(H,20,22,24). The molecule has 3 aromatic rings. The van der Waals surface area contributed by atoms with Gasteiger partial charge in [0.25, 0.3) is 0 Å². The molecular weight excluding hydrogens is 356 g/mol. The van der Waals surface area contributed by atoms with Crippen LogP contribution in [-0.2, 0) is 11.3 Å². The van der Waals surface area contributed by atoms with Gasteiger partial charge in [0.2, 0.25) is 6.41 Å². The Morgan fingerprint density at radius 3 is 2.96 bits per heavy atom. The van der Waals surface area contributed by atoms with E-state index in [1.165, 1.54) is 12.5 Å². The first-order chi connectivity index (χ1) is 12.5. The lowest BCUT2D eigenvalue weighted by Crippen LogP contribution is -2.06. The summed E-state index contributed by atoms with van der Waals surface area (Å²) in [5.41, 5.74) is 2.44. The van der Waals surface area contributed by atoms with Gasteiger partial charge in [-0.05, 0) is 30.7 Å². The van der Waals surface area contributed by atoms with Crippen LogP contribution in [0.2, 0.25) is 5.02 Å². The number of aromatic nitrogens is 2. The van der Waals surface area contributed by atoms with Gasteiger partial charge in [0.1, 0.15) is 5.82 Å². The first-order valence-electron chi connectivity index (χ1n) is 7.69. The molecule has 1 amide bonds. The van der Waals surface area contributed by atoms with Crippen molar-refractivity contribution in [1.82, 2.24) is 14.9 Å². The number of hydrogen-bond acceptors (Lipinski definition) is 4. The number of aliphatic imine (C=N–C) groups is 1. The number of fused-ring (bicyclic) bond motifs is 1. The third-order valence-electron chi connectivity index (χ3n) is 3.92. The molecule has 0 saturated carbocycles. The van der Waals surface area contributed by atoms with Crippen molar-refractivity contribution in [3.8, 4) is 0 Å². The fourth-order valence-corrected chi connectivity index (χ4v) is 2.90. The van der Waals surface area contributed by atoms with Gasteiger partial charge in [0.15, 0.2) is 0 Å². The number of pyridine rings is 1. The summed E-state index contributed by atoms with van der Waals surface area (Å²) in [5, 5.41) is 13.1. The number of nitrogens with one attached hydrogen (secondary N) is 1. The number of carboxylic acid groups (broad SMARTS) is 1. The highest BCUT2D eigenvalue weighted by molar-refractivity contribution is 6.31. The highest BCUT2D eigenvalue weighted by Crippen LogP contribution is 2.27. The van der Waals surface area contributed by atoms with Crippen LogP contribution in [0.25, 0.3) is 10.9 Å². The first kappa shape index (κ1) is 17.6. The van der Waals surface area contributed by atoms with Gasteiger partial charge in [-0.2, -0.15) is 0 Å². The van der Waals surface area contributed by atoms with Crippen molar-refractivity contribution in [1.29, 1.82) is 0 Å². The van der Waals surface area contributed by atoms with Crippen molar-refractivity contribution in [2.45, 2.75) is 13.5 Å². The fraction of sp³-hybridized carbons (Fsp3) is 0.111. The summed E-state index contributed by atoms with van der Waals surface area (Å²) in [7, 11) is 0. The molecule has 2 N–H and O–H groups in total. The molecule has 0 radical (unpaired) electrons. The van der Waals surface area contributed by atoms with Gasteiger partial charge in [-0.1, -0.05) is 17.7 Å². The van der Waals surface area contributed by atoms with Crippen LogP contribution >= 0.6 is 11.6 Å². The van der Waals surface area contributed by atoms with E-state index < -0.39 is 5.97 Å². The molecular formula is C18H15ClN4O3. The number of carboxylic acids is 1. The van der Waals surface area contributed by atoms with Crippen LogP contribution in [0.5, 0.6) is 0 Å². The van der Waals surface area contributed by atoms with E-state index in [4.69, 9.17) is 11.6 Å². The lowest BCUT2D eigenvalue weighted by atomic mass is 10.1. The monoisotopic (exact) mass is 370 g/mol. The van der Waals surface area contributed by atoms with Gasteiger partial charge in [-0.25, -0.2) is 9.79 Å². The number of benzene rings is 1. The van der Waals surface area contributed by atoms with Crippen LogP contribution in [0.3, 0.4) is 0 Å². The Bertz CT molecular complexity index is 1030. The second-order valence-corrected chi connectivity index (χ2v) is 6.08. The quantitative estimate of drug-likeness (QED) is 0.395. The van der Waals surface area contributed by atoms with Gasteiger partial charge in [-0.15, -0.1) is 0 Å². The van der Waals surface area contributed by atoms with Gasteiger partial charge in [0, 0.05) is 29.9 Å². The molecule has 2 heterocycles. The molecule has 0 atom stereocenters. The van der Waals surface area contributed by atoms with Gasteiger partial charge in [0.05, 0.1) is 22.4 Å². The number of aromatic carboxylic acids is 1. The number of carbonyl (C=O) groups is 2. The summed E-state index contributed by atoms with van der Waals surface area (Å²) in [4.78, 5) is 30.2. The van der Waals surface area contributed by atoms with Gasteiger partial charge >= 0.3 is 5.97 Å². The van der Waals surface area contributed by atoms with Crippen LogP contribution in [0.15, 0.2) is 41.7 Å². The molecule has 0 fully saturated rings. The number of hydrogen-bond donors (Lipinski definition) is 2. The third-order valence-corrected chi connectivity index (χ3v) is 4.13. The maximum Gasteiger partial charge on any atom is 0.337 e. The number of carbonyl (C=O) groups excluding carboxylic acids is 1. The molecule has 3 rings (SSSR count). The second kappa shape index (κ2) is 7.37. The molecule has 132 valence electrons. The fourth-order valence-electron chi connectivity index (χ4n) is 2.73. The number of rotatable bonds is 6. The summed E-state index contributed by atoms with van der Waals surface area (Å²) < 4.78 is 1.72. The highest BCUT2D eigenvalue weighted by atomic mass is 35.5. The third kappa shape index (κ3) is 3.57. The van der Waals surface area contributed by atoms with Crippen LogP contribution in [0, 0.1) is 6.92 Å². The van der Waals surface area contributed by atoms with Crippen molar-refractivity contribution < 1.29 is 14.7 Å². The van der Waals surface area contributed by atoms with E-state index in [0.29, 0.717) is 29.4 Å². The number of halogens is 1. The highest BCUT2D eigenvalue weighted by Gasteiger charge is 2.17. The average molecular weight is 371 g/mol. The van der Waals surface area contributed by atoms with E-state index in [1.807, 2.05) is 24.3 Å². The minimum atomic E-state index is -1.03. The van der Waals surface area contributed by atoms with E-state index in [-0.39, 0.29) is 5.56 Å². The predicted molar refractivity (Wildman–Crippen MR) is 99.3 cm³/mol. The number of nitrogens with zero attached hydrogens (tertiary/aromatic N) is 3. The maximum absolute atomic E-state index is 11.4. The van der Waals surface area contributed by atoms with E-state index in [9.17, 15) is 14.7 Å². The van der Waals surface area contributed by atoms with Crippen LogP contribution in [0.4, 0.5) is 5.82 Å². The summed E-state index contributed by atoms with van der Waals surface area (Å²) in [5.74, 6) is -0.573. The summed E-state index contributed by atoms with van der Waals surface area (Å²) >= 11 is 6.00. The van der Waals surface area contributed by atoms with Crippen LogP contribution in [-0.4, -0.2) is 33.4 Å². The Kier molecular flexibility index (Phi) is 4.99. The summed E-state index contributed by atoms with van der Waals surface area (Å²) in [6.07, 6.45) is 4.84. The molecule has 2 aromatic heterocycles. The largest absolute Gasteiger partial charge is 0.478 e. The lowest BCUT2D eigenvalue weighted by Gasteiger charge is -2.08. The maximum atomic E-state index is 11.4. The zero-order chi connectivity index (χ0) is 18.7. The molecule has 26 heavy (non-hydrogen) atoms. The Labute approximate surface area is 153 Å². The molecule has 7 nitrogen and oxygen atoms in total. The van der Waals surface area contributed by atoms with E-state index in [0.717, 1.165) is 16.5 Å². The Morgan fingerprint density at radius 1 is 1.42 bits per heavy atom. The molecule has 0 saturated heterocycles. The molecule has 0 spiro atoms. The minimum Gasteiger partial charge on any atom is -0.478 e. The molecule has 0 aliphatic heterocycles. The van der Waals surface area contributed by atoms with Crippen molar-refractivity contribution in [2.75, 3.05) is 0 Å². The second-order valence-electron chi connectivity index (χ2n) is 5.65. The molecule has 0 aliphatic rings. The Morgan fingerprint density at radius 2 is 2.23 bits per heavy atom. The normalized spacial score (nSPS) is 11.2. The van der Waals surface area contributed by atoms with Crippen molar-refractivity contribution in [2.24, 2.45) is 4.99 Å². The minimum absolute atomic E-state index is 0.161. The Balaban J connectivity index is 2.01. The zero-order valence-electron chi connectivity index (χ0n) is 13.8. The summed E-state index contributed by atoms with van der Waals surface area (Å²) in [6.45, 7) is 2.09. The first-order valence-corrected chi connectivity index (χ1v) is 8.07. The molecule has 8 heteroatoms. The van der Waals surface area contributed by atoms with Gasteiger partial charge in [-0.3, -0.25) is 9.78 Å². The molecule has 0 aliphatic carbocycles. The zero-order valence-corrected chi connectivity index (χ0v) is 14.6. The topological polar surface area (TPSA) is 96.6 Å². The van der Waals surface area contributed by atoms with E-state index >= 15 is 0 Å². The smallest absolute Gasteiger partial charge is 0.337 e. The van der Waals surface area contributed by atoms with Crippen LogP contribution < -0.4 is 5.32 Å². The molecule has 1 aromatic carbocycles. The van der Waals surface area contributed by atoms with Gasteiger partial charge < -0.3 is 15.0 Å². The molecule has 0 bridgehead atoms. The van der Waals surface area contributed by atoms with Crippen molar-refractivity contribution in [3.05, 3.63) is 58.4 Å². The lowest BCUT2D eigenvalue weighted by molar-refractivity contribution is -0.108.